The minimum atomic E-state index is 0.469. The van der Waals surface area contributed by atoms with Crippen LogP contribution in [0.4, 0.5) is 5.69 Å². The Labute approximate surface area is 168 Å². The number of guanidine groups is 1. The van der Waals surface area contributed by atoms with Crippen molar-refractivity contribution in [3.8, 4) is 0 Å². The lowest BCUT2D eigenvalue weighted by molar-refractivity contribution is 0.0341. The molecule has 0 atom stereocenters. The largest absolute Gasteiger partial charge is 0.379 e. The molecular weight excluding hydrogens is 348 g/mol. The third-order valence-corrected chi connectivity index (χ3v) is 5.29. The molecule has 0 bridgehead atoms. The second kappa shape index (κ2) is 10.2. The number of nitrogens with one attached hydrogen (secondary N) is 1. The number of morpholine rings is 1. The first-order valence-electron chi connectivity index (χ1n) is 10.3. The molecule has 2 aromatic rings. The molecule has 1 saturated heterocycles. The molecule has 0 amide bonds. The van der Waals surface area contributed by atoms with Gasteiger partial charge in [-0.2, -0.15) is 0 Å². The highest BCUT2D eigenvalue weighted by Gasteiger charge is 2.13. The van der Waals surface area contributed by atoms with Gasteiger partial charge in [0.25, 0.3) is 0 Å². The molecule has 150 valence electrons. The van der Waals surface area contributed by atoms with Gasteiger partial charge in [0.1, 0.15) is 0 Å². The first-order valence-corrected chi connectivity index (χ1v) is 10.3. The fourth-order valence-electron chi connectivity index (χ4n) is 3.61. The highest BCUT2D eigenvalue weighted by molar-refractivity contribution is 5.93. The summed E-state index contributed by atoms with van der Waals surface area (Å²) < 4.78 is 5.45. The molecule has 0 radical (unpaired) electrons. The zero-order valence-corrected chi connectivity index (χ0v) is 17.1. The monoisotopic (exact) mass is 380 g/mol. The van der Waals surface area contributed by atoms with Crippen molar-refractivity contribution in [2.24, 2.45) is 10.7 Å². The summed E-state index contributed by atoms with van der Waals surface area (Å²) in [6.07, 6.45) is 1.93. The van der Waals surface area contributed by atoms with Crippen LogP contribution in [0.25, 0.3) is 0 Å². The van der Waals surface area contributed by atoms with Gasteiger partial charge in [0, 0.05) is 25.3 Å². The van der Waals surface area contributed by atoms with Crippen LogP contribution < -0.4 is 11.1 Å². The third-order valence-electron chi connectivity index (χ3n) is 5.29. The number of nitrogens with zero attached hydrogens (tertiary/aromatic N) is 2. The molecular formula is C23H32N4O. The van der Waals surface area contributed by atoms with Crippen molar-refractivity contribution in [3.63, 3.8) is 0 Å². The summed E-state index contributed by atoms with van der Waals surface area (Å²) in [5.41, 5.74) is 12.4. The van der Waals surface area contributed by atoms with Crippen LogP contribution in [0.15, 0.2) is 47.5 Å². The van der Waals surface area contributed by atoms with Crippen LogP contribution in [0.1, 0.15) is 36.1 Å². The molecule has 2 aromatic carbocycles. The summed E-state index contributed by atoms with van der Waals surface area (Å²) in [5, 5.41) is 3.35. The molecule has 28 heavy (non-hydrogen) atoms. The molecule has 1 aliphatic rings. The summed E-state index contributed by atoms with van der Waals surface area (Å²) in [4.78, 5) is 7.06. The maximum atomic E-state index is 6.25. The molecule has 1 aliphatic heterocycles. The summed E-state index contributed by atoms with van der Waals surface area (Å²) in [6.45, 7) is 9.42. The Morgan fingerprint density at radius 2 is 1.57 bits per heavy atom. The van der Waals surface area contributed by atoms with E-state index >= 15 is 0 Å². The van der Waals surface area contributed by atoms with Gasteiger partial charge in [-0.25, -0.2) is 4.99 Å². The molecule has 5 heteroatoms. The number of aryl methyl sites for hydroxylation is 2. The minimum absolute atomic E-state index is 0.469. The Balaban J connectivity index is 1.70. The molecule has 1 heterocycles. The second-order valence-electron chi connectivity index (χ2n) is 7.14. The number of benzene rings is 2. The van der Waals surface area contributed by atoms with E-state index in [9.17, 15) is 0 Å². The number of hydrogen-bond acceptors (Lipinski definition) is 3. The lowest BCUT2D eigenvalue weighted by Gasteiger charge is -2.27. The lowest BCUT2D eigenvalue weighted by Crippen LogP contribution is -2.35. The molecule has 0 aromatic heterocycles. The topological polar surface area (TPSA) is 62.9 Å². The summed E-state index contributed by atoms with van der Waals surface area (Å²) in [5.74, 6) is 0.469. The SMILES string of the molecule is CCc1cccc(CC)c1NC(N)=NCc1ccccc1CN1CCOCC1. The number of aliphatic imine (C=N–C) groups is 1. The van der Waals surface area contributed by atoms with Crippen molar-refractivity contribution in [2.75, 3.05) is 31.6 Å². The normalized spacial score (nSPS) is 15.6. The first kappa shape index (κ1) is 20.4. The molecule has 3 N–H and O–H groups in total. The van der Waals surface area contributed by atoms with Crippen LogP contribution >= 0.6 is 0 Å². The second-order valence-corrected chi connectivity index (χ2v) is 7.14. The van der Waals surface area contributed by atoms with Crippen LogP contribution in [0.5, 0.6) is 0 Å². The Kier molecular flexibility index (Phi) is 7.46. The number of anilines is 1. The predicted octanol–water partition coefficient (Wildman–Crippen LogP) is 3.57. The number of ether oxygens (including phenoxy) is 1. The smallest absolute Gasteiger partial charge is 0.193 e. The quantitative estimate of drug-likeness (QED) is 0.569. The van der Waals surface area contributed by atoms with E-state index in [1.807, 2.05) is 0 Å². The van der Waals surface area contributed by atoms with Gasteiger partial charge in [-0.3, -0.25) is 4.90 Å². The van der Waals surface area contributed by atoms with Crippen molar-refractivity contribution in [1.29, 1.82) is 0 Å². The van der Waals surface area contributed by atoms with Crippen molar-refractivity contribution in [3.05, 3.63) is 64.7 Å². The highest BCUT2D eigenvalue weighted by Crippen LogP contribution is 2.22. The molecule has 5 nitrogen and oxygen atoms in total. The zero-order valence-electron chi connectivity index (χ0n) is 17.1. The Hall–Kier alpha value is -2.37. The Morgan fingerprint density at radius 1 is 0.964 bits per heavy atom. The average Bonchev–Trinajstić information content (AvgIpc) is 2.74. The van der Waals surface area contributed by atoms with Crippen LogP contribution in [0, 0.1) is 0 Å². The van der Waals surface area contributed by atoms with Gasteiger partial charge in [0.2, 0.25) is 0 Å². The van der Waals surface area contributed by atoms with Crippen molar-refractivity contribution < 1.29 is 4.74 Å². The van der Waals surface area contributed by atoms with E-state index in [0.717, 1.165) is 51.4 Å². The van der Waals surface area contributed by atoms with Crippen LogP contribution in [0.3, 0.4) is 0 Å². The molecule has 0 unspecified atom stereocenters. The van der Waals surface area contributed by atoms with Gasteiger partial charge in [0.05, 0.1) is 19.8 Å². The minimum Gasteiger partial charge on any atom is -0.379 e. The van der Waals surface area contributed by atoms with Gasteiger partial charge in [-0.05, 0) is 35.1 Å². The Bertz CT molecular complexity index is 775. The number of hydrogen-bond donors (Lipinski definition) is 2. The number of rotatable bonds is 7. The lowest BCUT2D eigenvalue weighted by atomic mass is 10.0. The maximum absolute atomic E-state index is 6.25. The van der Waals surface area contributed by atoms with E-state index in [1.165, 1.54) is 22.3 Å². The third kappa shape index (κ3) is 5.33. The van der Waals surface area contributed by atoms with Crippen LogP contribution in [-0.2, 0) is 30.7 Å². The molecule has 3 rings (SSSR count). The van der Waals surface area contributed by atoms with Crippen molar-refractivity contribution in [1.82, 2.24) is 4.90 Å². The van der Waals surface area contributed by atoms with Gasteiger partial charge < -0.3 is 15.8 Å². The predicted molar refractivity (Wildman–Crippen MR) is 117 cm³/mol. The molecule has 0 saturated carbocycles. The number of para-hydroxylation sites is 1. The van der Waals surface area contributed by atoms with Crippen LogP contribution in [-0.4, -0.2) is 37.2 Å². The van der Waals surface area contributed by atoms with Crippen molar-refractivity contribution >= 4 is 11.6 Å². The van der Waals surface area contributed by atoms with E-state index in [4.69, 9.17) is 10.5 Å². The Morgan fingerprint density at radius 3 is 2.21 bits per heavy atom. The van der Waals surface area contributed by atoms with E-state index < -0.39 is 0 Å². The summed E-state index contributed by atoms with van der Waals surface area (Å²) in [7, 11) is 0. The van der Waals surface area contributed by atoms with E-state index in [2.05, 4.69) is 71.5 Å². The van der Waals surface area contributed by atoms with E-state index in [1.54, 1.807) is 0 Å². The summed E-state index contributed by atoms with van der Waals surface area (Å²) in [6, 6.07) is 14.9. The van der Waals surface area contributed by atoms with E-state index in [0.29, 0.717) is 12.5 Å². The van der Waals surface area contributed by atoms with Crippen molar-refractivity contribution in [2.45, 2.75) is 39.8 Å². The van der Waals surface area contributed by atoms with E-state index in [-0.39, 0.29) is 0 Å². The molecule has 1 fully saturated rings. The average molecular weight is 381 g/mol. The fraction of sp³-hybridized carbons (Fsp3) is 0.435. The fourth-order valence-corrected chi connectivity index (χ4v) is 3.61. The van der Waals surface area contributed by atoms with Crippen LogP contribution in [0.2, 0.25) is 0 Å². The highest BCUT2D eigenvalue weighted by atomic mass is 16.5. The number of nitrogens with two attached hydrogens (primary N) is 1. The van der Waals surface area contributed by atoms with Gasteiger partial charge in [0.15, 0.2) is 5.96 Å². The first-order chi connectivity index (χ1) is 13.7. The maximum Gasteiger partial charge on any atom is 0.193 e. The molecule has 0 aliphatic carbocycles. The summed E-state index contributed by atoms with van der Waals surface area (Å²) >= 11 is 0. The molecule has 0 spiro atoms. The van der Waals surface area contributed by atoms with Gasteiger partial charge >= 0.3 is 0 Å². The van der Waals surface area contributed by atoms with Gasteiger partial charge in [-0.15, -0.1) is 0 Å². The zero-order chi connectivity index (χ0) is 19.8. The van der Waals surface area contributed by atoms with Gasteiger partial charge in [-0.1, -0.05) is 56.3 Å². The standard InChI is InChI=1S/C23H32N4O/c1-3-18-10-7-11-19(4-2)22(18)26-23(24)25-16-20-8-5-6-9-21(20)17-27-12-14-28-15-13-27/h5-11H,3-4,12-17H2,1-2H3,(H3,24,25,26).